The van der Waals surface area contributed by atoms with Gasteiger partial charge in [0.1, 0.15) is 18.1 Å². The number of hydrogen-bond donors (Lipinski definition) is 0. The Kier molecular flexibility index (Phi) is 5.73. The summed E-state index contributed by atoms with van der Waals surface area (Å²) in [5, 5.41) is 8.44. The molecule has 8 nitrogen and oxygen atoms in total. The highest BCUT2D eigenvalue weighted by molar-refractivity contribution is 5.93. The lowest BCUT2D eigenvalue weighted by Gasteiger charge is -2.34. The molecule has 0 saturated carbocycles. The third kappa shape index (κ3) is 4.35. The summed E-state index contributed by atoms with van der Waals surface area (Å²) in [5.74, 6) is 1.13. The molecule has 0 N–H and O–H groups in total. The van der Waals surface area contributed by atoms with Gasteiger partial charge in [-0.1, -0.05) is 6.92 Å². The fourth-order valence-corrected chi connectivity index (χ4v) is 5.07. The van der Waals surface area contributed by atoms with Crippen LogP contribution in [0.15, 0.2) is 24.5 Å². The van der Waals surface area contributed by atoms with E-state index in [1.165, 1.54) is 12.3 Å². The fraction of sp³-hybridized carbons (Fsp3) is 0.565. The molecule has 5 heterocycles. The molecular weight excluding hydrogens is 447 g/mol. The maximum atomic E-state index is 13.3. The van der Waals surface area contributed by atoms with Crippen LogP contribution in [0.4, 0.5) is 19.0 Å². The number of hydrogen-bond acceptors (Lipinski definition) is 5. The summed E-state index contributed by atoms with van der Waals surface area (Å²) in [4.78, 5) is 22.1. The van der Waals surface area contributed by atoms with Gasteiger partial charge in [0.25, 0.3) is 5.91 Å². The summed E-state index contributed by atoms with van der Waals surface area (Å²) < 4.78 is 41.3. The number of anilines is 1. The van der Waals surface area contributed by atoms with Gasteiger partial charge in [-0.2, -0.15) is 23.4 Å². The number of alkyl halides is 3. The molecule has 0 unspecified atom stereocenters. The molecule has 182 valence electrons. The van der Waals surface area contributed by atoms with E-state index in [0.717, 1.165) is 48.4 Å². The zero-order valence-electron chi connectivity index (χ0n) is 19.3. The Labute approximate surface area is 195 Å². The van der Waals surface area contributed by atoms with Gasteiger partial charge in [0.05, 0.1) is 11.7 Å². The van der Waals surface area contributed by atoms with Gasteiger partial charge in [0.15, 0.2) is 5.65 Å². The standard InChI is InChI=1S/C23H28F3N7O/c1-15-7-10-30(12-15)21-16(2)13-32-20(28-21)11-17(29-32)18-5-3-4-9-31(18)22(34)19-6-8-27-33(19)14-23(24,25)26/h6,8,11,13,15,18H,3-5,7,9-10,12,14H2,1-2H3/t15-,18-/m0/s1. The first-order valence-corrected chi connectivity index (χ1v) is 11.7. The Morgan fingerprint density at radius 1 is 1.21 bits per heavy atom. The molecule has 2 aliphatic rings. The minimum Gasteiger partial charge on any atom is -0.356 e. The van der Waals surface area contributed by atoms with E-state index in [9.17, 15) is 18.0 Å². The van der Waals surface area contributed by atoms with E-state index in [-0.39, 0.29) is 11.7 Å². The van der Waals surface area contributed by atoms with E-state index >= 15 is 0 Å². The van der Waals surface area contributed by atoms with Crippen molar-refractivity contribution < 1.29 is 18.0 Å². The predicted octanol–water partition coefficient (Wildman–Crippen LogP) is 4.01. The number of aromatic nitrogens is 5. The van der Waals surface area contributed by atoms with Crippen LogP contribution in [0.3, 0.4) is 0 Å². The van der Waals surface area contributed by atoms with Crippen LogP contribution in [0.2, 0.25) is 0 Å². The number of carbonyl (C=O) groups is 1. The van der Waals surface area contributed by atoms with Crippen LogP contribution in [-0.4, -0.2) is 61.0 Å². The zero-order valence-corrected chi connectivity index (χ0v) is 19.3. The second kappa shape index (κ2) is 8.59. The van der Waals surface area contributed by atoms with Crippen molar-refractivity contribution in [2.45, 2.75) is 58.3 Å². The van der Waals surface area contributed by atoms with Crippen molar-refractivity contribution in [2.75, 3.05) is 24.5 Å². The van der Waals surface area contributed by atoms with Crippen molar-refractivity contribution in [2.24, 2.45) is 5.92 Å². The number of piperidine rings is 1. The first-order valence-electron chi connectivity index (χ1n) is 11.7. The molecule has 11 heteroatoms. The number of fused-ring (bicyclic) bond motifs is 1. The van der Waals surface area contributed by atoms with Crippen LogP contribution in [0.5, 0.6) is 0 Å². The molecule has 0 aliphatic carbocycles. The molecule has 5 rings (SSSR count). The number of carbonyl (C=O) groups excluding carboxylic acids is 1. The highest BCUT2D eigenvalue weighted by Gasteiger charge is 2.35. The van der Waals surface area contributed by atoms with Gasteiger partial charge in [0, 0.05) is 43.7 Å². The van der Waals surface area contributed by atoms with Gasteiger partial charge in [-0.15, -0.1) is 0 Å². The van der Waals surface area contributed by atoms with Gasteiger partial charge >= 0.3 is 6.18 Å². The van der Waals surface area contributed by atoms with E-state index in [2.05, 4.69) is 16.9 Å². The third-order valence-corrected chi connectivity index (χ3v) is 6.72. The SMILES string of the molecule is Cc1cn2nc([C@@H]3CCCCN3C(=O)c3ccnn3CC(F)(F)F)cc2nc1N1CC[C@H](C)C1. The molecular formula is C23H28F3N7O. The number of rotatable bonds is 4. The van der Waals surface area contributed by atoms with Crippen molar-refractivity contribution in [1.82, 2.24) is 29.3 Å². The summed E-state index contributed by atoms with van der Waals surface area (Å²) in [5.41, 5.74) is 2.38. The lowest BCUT2D eigenvalue weighted by molar-refractivity contribution is -0.142. The molecule has 0 bridgehead atoms. The van der Waals surface area contributed by atoms with E-state index in [0.29, 0.717) is 30.2 Å². The summed E-state index contributed by atoms with van der Waals surface area (Å²) in [6, 6.07) is 2.91. The Balaban J connectivity index is 1.44. The molecule has 2 aliphatic heterocycles. The maximum Gasteiger partial charge on any atom is 0.408 e. The van der Waals surface area contributed by atoms with Gasteiger partial charge < -0.3 is 9.80 Å². The van der Waals surface area contributed by atoms with Crippen molar-refractivity contribution in [1.29, 1.82) is 0 Å². The monoisotopic (exact) mass is 475 g/mol. The Morgan fingerprint density at radius 2 is 2.03 bits per heavy atom. The number of halogens is 3. The van der Waals surface area contributed by atoms with Crippen molar-refractivity contribution >= 4 is 17.4 Å². The van der Waals surface area contributed by atoms with Gasteiger partial charge in [-0.25, -0.2) is 9.50 Å². The summed E-state index contributed by atoms with van der Waals surface area (Å²) in [6.07, 6.45) is 2.26. The zero-order chi connectivity index (χ0) is 24.0. The van der Waals surface area contributed by atoms with Crippen LogP contribution in [-0.2, 0) is 6.54 Å². The molecule has 2 atom stereocenters. The van der Waals surface area contributed by atoms with E-state index in [1.807, 2.05) is 19.2 Å². The predicted molar refractivity (Wildman–Crippen MR) is 120 cm³/mol. The van der Waals surface area contributed by atoms with Crippen molar-refractivity contribution in [3.05, 3.63) is 41.5 Å². The quantitative estimate of drug-likeness (QED) is 0.570. The minimum atomic E-state index is -4.46. The van der Waals surface area contributed by atoms with E-state index in [4.69, 9.17) is 10.1 Å². The van der Waals surface area contributed by atoms with Crippen LogP contribution < -0.4 is 4.90 Å². The van der Waals surface area contributed by atoms with Crippen molar-refractivity contribution in [3.8, 4) is 0 Å². The lowest BCUT2D eigenvalue weighted by Crippen LogP contribution is -2.40. The van der Waals surface area contributed by atoms with Gasteiger partial charge in [0.2, 0.25) is 0 Å². The molecule has 3 aromatic rings. The second-order valence-electron chi connectivity index (χ2n) is 9.46. The Morgan fingerprint density at radius 3 is 2.76 bits per heavy atom. The maximum absolute atomic E-state index is 13.3. The highest BCUT2D eigenvalue weighted by atomic mass is 19.4. The Hall–Kier alpha value is -3.11. The largest absolute Gasteiger partial charge is 0.408 e. The molecule has 34 heavy (non-hydrogen) atoms. The molecule has 3 aromatic heterocycles. The number of likely N-dealkylation sites (tertiary alicyclic amines) is 1. The first kappa shape index (κ1) is 22.7. The molecule has 2 fully saturated rings. The molecule has 2 saturated heterocycles. The number of nitrogens with zero attached hydrogens (tertiary/aromatic N) is 7. The first-order chi connectivity index (χ1) is 16.2. The minimum absolute atomic E-state index is 0.0626. The molecule has 0 aromatic carbocycles. The molecule has 0 spiro atoms. The fourth-order valence-electron chi connectivity index (χ4n) is 5.07. The van der Waals surface area contributed by atoms with E-state index in [1.54, 1.807) is 9.42 Å². The smallest absolute Gasteiger partial charge is 0.356 e. The summed E-state index contributed by atoms with van der Waals surface area (Å²) >= 11 is 0. The number of amides is 1. The number of aryl methyl sites for hydroxylation is 1. The van der Waals surface area contributed by atoms with Crippen LogP contribution in [0, 0.1) is 12.8 Å². The second-order valence-corrected chi connectivity index (χ2v) is 9.46. The third-order valence-electron chi connectivity index (χ3n) is 6.72. The van der Waals surface area contributed by atoms with Crippen molar-refractivity contribution in [3.63, 3.8) is 0 Å². The van der Waals surface area contributed by atoms with Crippen LogP contribution in [0.1, 0.15) is 60.4 Å². The van der Waals surface area contributed by atoms with Gasteiger partial charge in [-0.05, 0) is 44.6 Å². The Bertz CT molecular complexity index is 1200. The highest BCUT2D eigenvalue weighted by Crippen LogP contribution is 2.33. The average molecular weight is 476 g/mol. The summed E-state index contributed by atoms with van der Waals surface area (Å²) in [7, 11) is 0. The van der Waals surface area contributed by atoms with Crippen LogP contribution >= 0.6 is 0 Å². The van der Waals surface area contributed by atoms with Crippen LogP contribution in [0.25, 0.3) is 5.65 Å². The normalized spacial score (nSPS) is 21.6. The summed E-state index contributed by atoms with van der Waals surface area (Å²) in [6.45, 7) is 5.36. The average Bonchev–Trinajstić information content (AvgIpc) is 3.51. The molecule has 1 amide bonds. The van der Waals surface area contributed by atoms with E-state index < -0.39 is 18.6 Å². The lowest BCUT2D eigenvalue weighted by atomic mass is 9.99. The topological polar surface area (TPSA) is 71.6 Å². The molecule has 0 radical (unpaired) electrons. The van der Waals surface area contributed by atoms with Gasteiger partial charge in [-0.3, -0.25) is 9.48 Å².